The van der Waals surface area contributed by atoms with Crippen LogP contribution in [0, 0.1) is 0 Å². The molecule has 2 aromatic carbocycles. The zero-order valence-corrected chi connectivity index (χ0v) is 18.6. The van der Waals surface area contributed by atoms with Gasteiger partial charge in [-0.3, -0.25) is 9.97 Å². The van der Waals surface area contributed by atoms with Crippen LogP contribution >= 0.6 is 0 Å². The van der Waals surface area contributed by atoms with E-state index in [-0.39, 0.29) is 24.6 Å². The van der Waals surface area contributed by atoms with Gasteiger partial charge in [-0.15, -0.1) is 13.2 Å². The molecular formula is C26H18F3N3O4. The Bertz CT molecular complexity index is 1560. The Morgan fingerprint density at radius 1 is 0.917 bits per heavy atom. The number of carbonyl (C=O) groups is 1. The van der Waals surface area contributed by atoms with Crippen LogP contribution in [0.3, 0.4) is 0 Å². The second-order valence-corrected chi connectivity index (χ2v) is 7.82. The minimum atomic E-state index is -4.78. The third kappa shape index (κ3) is 4.65. The summed E-state index contributed by atoms with van der Waals surface area (Å²) in [6, 6.07) is 17.8. The maximum absolute atomic E-state index is 12.3. The number of benzene rings is 2. The first-order chi connectivity index (χ1) is 17.3. The largest absolute Gasteiger partial charge is 0.573 e. The van der Waals surface area contributed by atoms with Crippen molar-refractivity contribution in [3.8, 4) is 22.8 Å². The van der Waals surface area contributed by atoms with Crippen molar-refractivity contribution >= 4 is 27.8 Å². The second-order valence-electron chi connectivity index (χ2n) is 7.82. The van der Waals surface area contributed by atoms with E-state index in [1.807, 2.05) is 30.3 Å². The summed E-state index contributed by atoms with van der Waals surface area (Å²) in [5.74, 6) is -1.14. The van der Waals surface area contributed by atoms with Crippen molar-refractivity contribution < 1.29 is 32.5 Å². The van der Waals surface area contributed by atoms with Gasteiger partial charge in [-0.25, -0.2) is 4.79 Å². The highest BCUT2D eigenvalue weighted by Gasteiger charge is 2.31. The number of fused-ring (bicyclic) bond motifs is 2. The van der Waals surface area contributed by atoms with Crippen LogP contribution in [0.1, 0.15) is 10.5 Å². The molecular weight excluding hydrogens is 475 g/mol. The molecule has 36 heavy (non-hydrogen) atoms. The Morgan fingerprint density at radius 2 is 1.69 bits per heavy atom. The number of hydrogen-bond acceptors (Lipinski definition) is 5. The van der Waals surface area contributed by atoms with E-state index in [0.717, 1.165) is 28.6 Å². The Kier molecular flexibility index (Phi) is 5.93. The number of ether oxygens (including phenoxy) is 2. The number of pyridine rings is 2. The number of halogens is 3. The van der Waals surface area contributed by atoms with Crippen LogP contribution in [0.2, 0.25) is 0 Å². The molecule has 7 nitrogen and oxygen atoms in total. The number of rotatable bonds is 7. The highest BCUT2D eigenvalue weighted by Crippen LogP contribution is 2.33. The summed E-state index contributed by atoms with van der Waals surface area (Å²) < 4.78 is 48.1. The number of nitrogens with zero attached hydrogens (tertiary/aromatic N) is 3. The van der Waals surface area contributed by atoms with Gasteiger partial charge in [0.1, 0.15) is 23.8 Å². The van der Waals surface area contributed by atoms with Crippen molar-refractivity contribution in [1.82, 2.24) is 14.5 Å². The molecule has 0 amide bonds. The molecule has 0 saturated heterocycles. The van der Waals surface area contributed by atoms with Crippen molar-refractivity contribution in [1.29, 1.82) is 0 Å². The number of carboxylic acid groups (broad SMARTS) is 1. The van der Waals surface area contributed by atoms with Crippen molar-refractivity contribution in [3.05, 3.63) is 84.8 Å². The van der Waals surface area contributed by atoms with Crippen LogP contribution in [0.15, 0.2) is 79.1 Å². The SMILES string of the molecule is O=C(O)c1cc2c(-c3cccc4ncccc34)nccc2n1CCOc1ccc(OC(F)(F)F)cc1. The Morgan fingerprint density at radius 3 is 2.44 bits per heavy atom. The molecule has 3 aromatic heterocycles. The van der Waals surface area contributed by atoms with E-state index >= 15 is 0 Å². The molecule has 182 valence electrons. The summed E-state index contributed by atoms with van der Waals surface area (Å²) in [4.78, 5) is 21.0. The first-order valence-corrected chi connectivity index (χ1v) is 10.8. The van der Waals surface area contributed by atoms with Gasteiger partial charge in [0.2, 0.25) is 0 Å². The van der Waals surface area contributed by atoms with Gasteiger partial charge in [-0.2, -0.15) is 0 Å². The first-order valence-electron chi connectivity index (χ1n) is 10.8. The quantitative estimate of drug-likeness (QED) is 0.303. The van der Waals surface area contributed by atoms with Crippen LogP contribution in [0.25, 0.3) is 33.1 Å². The molecule has 5 aromatic rings. The molecule has 0 spiro atoms. The van der Waals surface area contributed by atoms with Crippen molar-refractivity contribution in [2.75, 3.05) is 6.61 Å². The van der Waals surface area contributed by atoms with Crippen LogP contribution in [0.5, 0.6) is 11.5 Å². The van der Waals surface area contributed by atoms with Gasteiger partial charge in [-0.1, -0.05) is 18.2 Å². The van der Waals surface area contributed by atoms with Gasteiger partial charge in [-0.05, 0) is 48.5 Å². The molecule has 0 aliphatic rings. The molecule has 0 unspecified atom stereocenters. The molecule has 1 N–H and O–H groups in total. The topological polar surface area (TPSA) is 86.5 Å². The first kappa shape index (κ1) is 23.2. The van der Waals surface area contributed by atoms with Crippen LogP contribution in [-0.2, 0) is 6.54 Å². The molecule has 0 fully saturated rings. The number of carboxylic acids is 1. The Labute approximate surface area is 202 Å². The van der Waals surface area contributed by atoms with Gasteiger partial charge in [0.15, 0.2) is 0 Å². The highest BCUT2D eigenvalue weighted by molar-refractivity contribution is 6.05. The monoisotopic (exact) mass is 493 g/mol. The fraction of sp³-hybridized carbons (Fsp3) is 0.115. The number of aromatic nitrogens is 3. The zero-order valence-electron chi connectivity index (χ0n) is 18.6. The van der Waals surface area contributed by atoms with Crippen LogP contribution in [-0.4, -0.2) is 38.6 Å². The van der Waals surface area contributed by atoms with Gasteiger partial charge in [0, 0.05) is 28.7 Å². The lowest BCUT2D eigenvalue weighted by atomic mass is 10.0. The maximum atomic E-state index is 12.3. The van der Waals surface area contributed by atoms with Gasteiger partial charge in [0.05, 0.1) is 23.3 Å². The van der Waals surface area contributed by atoms with E-state index in [1.54, 1.807) is 29.1 Å². The summed E-state index contributed by atoms with van der Waals surface area (Å²) in [6.45, 7) is 0.270. The van der Waals surface area contributed by atoms with Gasteiger partial charge >= 0.3 is 12.3 Å². The van der Waals surface area contributed by atoms with Crippen LogP contribution < -0.4 is 9.47 Å². The molecule has 0 aliphatic carbocycles. The molecule has 0 radical (unpaired) electrons. The molecule has 10 heteroatoms. The Balaban J connectivity index is 1.44. The van der Waals surface area contributed by atoms with E-state index in [9.17, 15) is 23.1 Å². The van der Waals surface area contributed by atoms with Gasteiger partial charge < -0.3 is 19.1 Å². The lowest BCUT2D eigenvalue weighted by molar-refractivity contribution is -0.274. The minimum Gasteiger partial charge on any atom is -0.492 e. The molecule has 0 aliphatic heterocycles. The fourth-order valence-corrected chi connectivity index (χ4v) is 4.12. The average molecular weight is 493 g/mol. The maximum Gasteiger partial charge on any atom is 0.573 e. The minimum absolute atomic E-state index is 0.0649. The predicted octanol–water partition coefficient (Wildman–Crippen LogP) is 5.93. The number of hydrogen-bond donors (Lipinski definition) is 1. The summed E-state index contributed by atoms with van der Waals surface area (Å²) in [5.41, 5.74) is 2.99. The molecule has 3 heterocycles. The van der Waals surface area contributed by atoms with E-state index in [1.165, 1.54) is 12.1 Å². The van der Waals surface area contributed by atoms with E-state index in [0.29, 0.717) is 22.3 Å². The molecule has 0 atom stereocenters. The van der Waals surface area contributed by atoms with E-state index in [2.05, 4.69) is 14.7 Å². The standard InChI is InChI=1S/C26H18F3N3O4/c27-26(28,29)36-17-8-6-16(7-9-17)35-14-13-32-22-10-12-31-24(20(22)15-23(32)25(33)34)19-3-1-5-21-18(19)4-2-11-30-21/h1-12,15H,13-14H2,(H,33,34). The third-order valence-corrected chi connectivity index (χ3v) is 5.59. The van der Waals surface area contributed by atoms with E-state index < -0.39 is 12.3 Å². The lowest BCUT2D eigenvalue weighted by Gasteiger charge is -2.12. The predicted molar refractivity (Wildman–Crippen MR) is 126 cm³/mol. The molecule has 0 saturated carbocycles. The smallest absolute Gasteiger partial charge is 0.492 e. The highest BCUT2D eigenvalue weighted by atomic mass is 19.4. The normalized spacial score (nSPS) is 11.6. The van der Waals surface area contributed by atoms with Crippen molar-refractivity contribution in [2.45, 2.75) is 12.9 Å². The summed E-state index contributed by atoms with van der Waals surface area (Å²) in [7, 11) is 0. The fourth-order valence-electron chi connectivity index (χ4n) is 4.12. The van der Waals surface area contributed by atoms with Crippen LogP contribution in [0.4, 0.5) is 13.2 Å². The zero-order chi connectivity index (χ0) is 25.3. The number of alkyl halides is 3. The molecule has 5 rings (SSSR count). The van der Waals surface area contributed by atoms with Gasteiger partial charge in [0.25, 0.3) is 0 Å². The van der Waals surface area contributed by atoms with E-state index in [4.69, 9.17) is 4.74 Å². The van der Waals surface area contributed by atoms with Crippen molar-refractivity contribution in [3.63, 3.8) is 0 Å². The second kappa shape index (κ2) is 9.21. The summed E-state index contributed by atoms with van der Waals surface area (Å²) >= 11 is 0. The molecule has 0 bridgehead atoms. The summed E-state index contributed by atoms with van der Waals surface area (Å²) in [5, 5.41) is 11.4. The van der Waals surface area contributed by atoms with Crippen molar-refractivity contribution in [2.24, 2.45) is 0 Å². The number of aromatic carboxylic acids is 1. The third-order valence-electron chi connectivity index (χ3n) is 5.59. The summed E-state index contributed by atoms with van der Waals surface area (Å²) in [6.07, 6.45) is -1.45. The average Bonchev–Trinajstić information content (AvgIpc) is 3.23. The lowest BCUT2D eigenvalue weighted by Crippen LogP contribution is -2.17. The Hall–Kier alpha value is -4.60.